The van der Waals surface area contributed by atoms with Gasteiger partial charge in [-0.05, 0) is 36.2 Å². The first-order valence-electron chi connectivity index (χ1n) is 12.3. The third kappa shape index (κ3) is 7.85. The molecule has 1 fully saturated rings. The first-order chi connectivity index (χ1) is 17.8. The van der Waals surface area contributed by atoms with Crippen molar-refractivity contribution in [1.82, 2.24) is 9.80 Å². The molecule has 0 radical (unpaired) electrons. The highest BCUT2D eigenvalue weighted by Crippen LogP contribution is 2.36. The Bertz CT molecular complexity index is 1000. The van der Waals surface area contributed by atoms with Crippen LogP contribution in [0.5, 0.6) is 0 Å². The second kappa shape index (κ2) is 13.9. The molecule has 5 N–H and O–H groups in total. The Kier molecular flexibility index (Phi) is 10.6. The van der Waals surface area contributed by atoms with Gasteiger partial charge in [-0.25, -0.2) is 9.59 Å². The van der Waals surface area contributed by atoms with Gasteiger partial charge in [-0.15, -0.1) is 0 Å². The number of aliphatic hydroxyl groups is 3. The molecular weight excluding hydrogens is 478 g/mol. The van der Waals surface area contributed by atoms with E-state index in [1.54, 1.807) is 0 Å². The van der Waals surface area contributed by atoms with E-state index in [9.17, 15) is 9.59 Å². The van der Waals surface area contributed by atoms with E-state index in [-0.39, 0.29) is 6.61 Å². The Morgan fingerprint density at radius 1 is 0.703 bits per heavy atom. The molecule has 2 heterocycles. The fourth-order valence-electron chi connectivity index (χ4n) is 4.40. The van der Waals surface area contributed by atoms with Crippen LogP contribution < -0.4 is 4.90 Å². The van der Waals surface area contributed by atoms with Crippen LogP contribution in [-0.2, 0) is 9.59 Å². The molecule has 0 aromatic heterocycles. The summed E-state index contributed by atoms with van der Waals surface area (Å²) in [5.74, 6) is -3.54. The maximum atomic E-state index is 9.77. The number of fused-ring (bicyclic) bond motifs is 2. The van der Waals surface area contributed by atoms with Crippen LogP contribution in [0.15, 0.2) is 48.5 Å². The van der Waals surface area contributed by atoms with Crippen LogP contribution in [0.3, 0.4) is 0 Å². The second-order valence-corrected chi connectivity index (χ2v) is 8.93. The average Bonchev–Trinajstić information content (AvgIpc) is 3.06. The molecule has 2 aliphatic rings. The number of para-hydroxylation sites is 2. The van der Waals surface area contributed by atoms with Crippen molar-refractivity contribution in [3.63, 3.8) is 0 Å². The smallest absolute Gasteiger partial charge is 0.335 e. The minimum atomic E-state index is -2.27. The number of β-amino-alcohol motifs (C(OH)–C–C–N with tert-alkyl or cyclic N) is 1. The van der Waals surface area contributed by atoms with Crippen LogP contribution in [0.1, 0.15) is 17.5 Å². The summed E-state index contributed by atoms with van der Waals surface area (Å²) in [5.41, 5.74) is 5.16. The van der Waals surface area contributed by atoms with Crippen molar-refractivity contribution in [2.24, 2.45) is 0 Å². The summed E-state index contributed by atoms with van der Waals surface area (Å²) < 4.78 is 0. The molecule has 2 unspecified atom stereocenters. The lowest BCUT2D eigenvalue weighted by molar-refractivity contribution is -0.165. The van der Waals surface area contributed by atoms with Crippen LogP contribution in [-0.4, -0.2) is 112 Å². The number of aliphatic carboxylic acids is 2. The van der Waals surface area contributed by atoms with Gasteiger partial charge in [-0.1, -0.05) is 48.6 Å². The zero-order valence-corrected chi connectivity index (χ0v) is 20.7. The summed E-state index contributed by atoms with van der Waals surface area (Å²) in [6, 6.07) is 17.4. The lowest BCUT2D eigenvalue weighted by Crippen LogP contribution is -2.47. The van der Waals surface area contributed by atoms with E-state index in [4.69, 9.17) is 25.5 Å². The van der Waals surface area contributed by atoms with Crippen molar-refractivity contribution in [2.45, 2.75) is 18.6 Å². The molecule has 0 saturated carbocycles. The van der Waals surface area contributed by atoms with Gasteiger partial charge in [0, 0.05) is 50.6 Å². The van der Waals surface area contributed by atoms with E-state index in [0.29, 0.717) is 0 Å². The lowest BCUT2D eigenvalue weighted by Gasteiger charge is -2.35. The topological polar surface area (TPSA) is 145 Å². The van der Waals surface area contributed by atoms with Crippen LogP contribution in [0.25, 0.3) is 12.2 Å². The Labute approximate surface area is 216 Å². The second-order valence-electron chi connectivity index (χ2n) is 8.93. The molecule has 2 atom stereocenters. The van der Waals surface area contributed by atoms with Gasteiger partial charge in [0.25, 0.3) is 0 Å². The molecule has 0 bridgehead atoms. The van der Waals surface area contributed by atoms with Gasteiger partial charge in [0.1, 0.15) is 0 Å². The maximum absolute atomic E-state index is 9.77. The van der Waals surface area contributed by atoms with Gasteiger partial charge in [0.15, 0.2) is 12.2 Å². The Hall–Kier alpha value is -3.28. The SMILES string of the molecule is O=C(O)C(O)C(O)C(=O)O.OCCN1CCN(CCCN2c3ccccc3C=Cc3ccccc32)CC1. The van der Waals surface area contributed by atoms with Crippen LogP contribution >= 0.6 is 0 Å². The summed E-state index contributed by atoms with van der Waals surface area (Å²) in [4.78, 5) is 26.9. The number of carbonyl (C=O) groups is 2. The van der Waals surface area contributed by atoms with Gasteiger partial charge in [0.2, 0.25) is 0 Å². The number of nitrogens with zero attached hydrogens (tertiary/aromatic N) is 3. The first kappa shape index (κ1) is 28.3. The standard InChI is InChI=1S/C23H29N3O.C4H6O6/c27-19-18-25-16-14-24(15-17-25)12-5-13-26-22-8-3-1-6-20(22)10-11-21-7-2-4-9-23(21)26;5-1(3(7)8)2(6)4(9)10/h1-4,6-11,27H,5,12-19H2;1-2,5-6H,(H,7,8)(H,9,10). The summed E-state index contributed by atoms with van der Waals surface area (Å²) in [7, 11) is 0. The number of hydrogen-bond donors (Lipinski definition) is 5. The predicted octanol–water partition coefficient (Wildman–Crippen LogP) is 1.19. The molecule has 200 valence electrons. The summed E-state index contributed by atoms with van der Waals surface area (Å²) in [6.45, 7) is 7.57. The molecule has 10 nitrogen and oxygen atoms in total. The van der Waals surface area contributed by atoms with Crippen LogP contribution in [0.4, 0.5) is 11.4 Å². The number of benzene rings is 2. The van der Waals surface area contributed by atoms with Crippen molar-refractivity contribution in [2.75, 3.05) is 57.3 Å². The van der Waals surface area contributed by atoms with Gasteiger partial charge < -0.3 is 35.3 Å². The summed E-state index contributed by atoms with van der Waals surface area (Å²) in [6.07, 6.45) is 1.07. The molecule has 2 aromatic carbocycles. The number of rotatable bonds is 9. The minimum absolute atomic E-state index is 0.266. The molecule has 37 heavy (non-hydrogen) atoms. The van der Waals surface area contributed by atoms with E-state index in [2.05, 4.69) is 75.4 Å². The molecule has 2 aliphatic heterocycles. The Morgan fingerprint density at radius 3 is 1.57 bits per heavy atom. The minimum Gasteiger partial charge on any atom is -0.479 e. The summed E-state index contributed by atoms with van der Waals surface area (Å²) in [5, 5.41) is 41.6. The highest BCUT2D eigenvalue weighted by atomic mass is 16.4. The van der Waals surface area contributed by atoms with E-state index in [1.165, 1.54) is 22.5 Å². The zero-order chi connectivity index (χ0) is 26.8. The van der Waals surface area contributed by atoms with E-state index in [1.807, 2.05) is 0 Å². The molecule has 2 aromatic rings. The fourth-order valence-corrected chi connectivity index (χ4v) is 4.40. The van der Waals surface area contributed by atoms with Crippen molar-refractivity contribution < 1.29 is 35.1 Å². The van der Waals surface area contributed by atoms with Crippen molar-refractivity contribution >= 4 is 35.5 Å². The number of carboxylic acids is 2. The summed E-state index contributed by atoms with van der Waals surface area (Å²) >= 11 is 0. The number of anilines is 2. The number of hydrogen-bond acceptors (Lipinski definition) is 8. The lowest BCUT2D eigenvalue weighted by atomic mass is 10.1. The van der Waals surface area contributed by atoms with E-state index >= 15 is 0 Å². The largest absolute Gasteiger partial charge is 0.479 e. The average molecular weight is 514 g/mol. The molecular formula is C27H35N3O7. The Balaban J connectivity index is 0.000000325. The molecule has 0 amide bonds. The number of carboxylic acid groups (broad SMARTS) is 2. The van der Waals surface area contributed by atoms with Gasteiger partial charge in [0.05, 0.1) is 6.61 Å². The predicted molar refractivity (Wildman–Crippen MR) is 141 cm³/mol. The fraction of sp³-hybridized carbons (Fsp3) is 0.407. The highest BCUT2D eigenvalue weighted by molar-refractivity contribution is 5.88. The number of aliphatic hydroxyl groups excluding tert-OH is 3. The van der Waals surface area contributed by atoms with Crippen LogP contribution in [0.2, 0.25) is 0 Å². The Morgan fingerprint density at radius 2 is 1.14 bits per heavy atom. The quantitative estimate of drug-likeness (QED) is 0.331. The van der Waals surface area contributed by atoms with Crippen molar-refractivity contribution in [3.8, 4) is 0 Å². The third-order valence-electron chi connectivity index (χ3n) is 6.44. The third-order valence-corrected chi connectivity index (χ3v) is 6.44. The van der Waals surface area contributed by atoms with E-state index in [0.717, 1.165) is 52.2 Å². The van der Waals surface area contributed by atoms with Crippen molar-refractivity contribution in [1.29, 1.82) is 0 Å². The van der Waals surface area contributed by atoms with Crippen molar-refractivity contribution in [3.05, 3.63) is 59.7 Å². The number of piperazine rings is 1. The van der Waals surface area contributed by atoms with Crippen LogP contribution in [0, 0.1) is 0 Å². The monoisotopic (exact) mass is 513 g/mol. The molecule has 0 aliphatic carbocycles. The highest BCUT2D eigenvalue weighted by Gasteiger charge is 2.29. The first-order valence-corrected chi connectivity index (χ1v) is 12.3. The van der Waals surface area contributed by atoms with Gasteiger partial charge >= 0.3 is 11.9 Å². The van der Waals surface area contributed by atoms with E-state index < -0.39 is 24.1 Å². The van der Waals surface area contributed by atoms with Gasteiger partial charge in [-0.3, -0.25) is 4.90 Å². The molecule has 4 rings (SSSR count). The molecule has 1 saturated heterocycles. The zero-order valence-electron chi connectivity index (χ0n) is 20.7. The normalized spacial score (nSPS) is 17.0. The molecule has 0 spiro atoms. The van der Waals surface area contributed by atoms with Gasteiger partial charge in [-0.2, -0.15) is 0 Å². The maximum Gasteiger partial charge on any atom is 0.335 e. The molecule has 10 heteroatoms.